The Labute approximate surface area is 96.1 Å². The Bertz CT molecular complexity index is 521. The van der Waals surface area contributed by atoms with E-state index in [0.29, 0.717) is 0 Å². The molecule has 0 aliphatic heterocycles. The van der Waals surface area contributed by atoms with Gasteiger partial charge in [-0.3, -0.25) is 0 Å². The molecule has 0 amide bonds. The maximum atomic E-state index is 11.6. The summed E-state index contributed by atoms with van der Waals surface area (Å²) in [7, 11) is -6.77. The van der Waals surface area contributed by atoms with E-state index in [9.17, 15) is 16.8 Å². The summed E-state index contributed by atoms with van der Waals surface area (Å²) in [4.78, 5) is 0.00838. The van der Waals surface area contributed by atoms with Crippen LogP contribution in [0.2, 0.25) is 0 Å². The van der Waals surface area contributed by atoms with Crippen LogP contribution in [0.1, 0.15) is 13.8 Å². The van der Waals surface area contributed by atoms with E-state index in [2.05, 4.69) is 6.07 Å². The molecule has 0 spiro atoms. The molecule has 1 aromatic rings. The van der Waals surface area contributed by atoms with E-state index in [4.69, 9.17) is 0 Å². The lowest BCUT2D eigenvalue weighted by atomic mass is 10.4. The molecule has 0 atom stereocenters. The summed E-state index contributed by atoms with van der Waals surface area (Å²) < 4.78 is 46.2. The first kappa shape index (κ1) is 13.2. The summed E-state index contributed by atoms with van der Waals surface area (Å²) in [6, 6.07) is 6.31. The van der Waals surface area contributed by atoms with Crippen molar-refractivity contribution in [2.24, 2.45) is 0 Å². The molecule has 0 saturated carbocycles. The zero-order chi connectivity index (χ0) is 12.4. The molecule has 1 rings (SSSR count). The standard InChI is InChI=1S/C10H13O4S2/c1-3-15(11,12)9-6-5-7-10(8-9)16(13,14)4-2/h6-8H,3-4H2,1-2H3. The van der Waals surface area contributed by atoms with Gasteiger partial charge >= 0.3 is 0 Å². The Morgan fingerprint density at radius 3 is 1.62 bits per heavy atom. The van der Waals surface area contributed by atoms with Crippen LogP contribution >= 0.6 is 0 Å². The molecule has 0 N–H and O–H groups in total. The minimum absolute atomic E-state index is 0.00419. The fourth-order valence-corrected chi connectivity index (χ4v) is 2.97. The van der Waals surface area contributed by atoms with Gasteiger partial charge in [0, 0.05) is 0 Å². The van der Waals surface area contributed by atoms with Crippen molar-refractivity contribution in [2.45, 2.75) is 23.6 Å². The molecule has 6 heteroatoms. The molecule has 0 aromatic heterocycles. The average molecular weight is 261 g/mol. The lowest BCUT2D eigenvalue weighted by Gasteiger charge is -2.04. The lowest BCUT2D eigenvalue weighted by molar-refractivity contribution is 0.595. The van der Waals surface area contributed by atoms with Crippen LogP contribution in [0.4, 0.5) is 0 Å². The maximum Gasteiger partial charge on any atom is 0.178 e. The van der Waals surface area contributed by atoms with Gasteiger partial charge in [0.2, 0.25) is 0 Å². The minimum Gasteiger partial charge on any atom is -0.224 e. The molecule has 0 heterocycles. The van der Waals surface area contributed by atoms with Crippen molar-refractivity contribution < 1.29 is 16.8 Å². The van der Waals surface area contributed by atoms with Crippen LogP contribution < -0.4 is 0 Å². The van der Waals surface area contributed by atoms with E-state index in [-0.39, 0.29) is 21.3 Å². The molecule has 1 aromatic carbocycles. The van der Waals surface area contributed by atoms with Crippen LogP contribution in [-0.2, 0) is 19.7 Å². The molecule has 0 aliphatic carbocycles. The fraction of sp³-hybridized carbons (Fsp3) is 0.400. The summed E-state index contributed by atoms with van der Waals surface area (Å²) in [5.41, 5.74) is 0. The number of rotatable bonds is 4. The number of hydrogen-bond donors (Lipinski definition) is 0. The summed E-state index contributed by atoms with van der Waals surface area (Å²) in [5.74, 6) is -0.118. The molecule has 0 fully saturated rings. The highest BCUT2D eigenvalue weighted by molar-refractivity contribution is 7.92. The largest absolute Gasteiger partial charge is 0.224 e. The highest BCUT2D eigenvalue weighted by Gasteiger charge is 2.16. The number of hydrogen-bond acceptors (Lipinski definition) is 4. The predicted molar refractivity (Wildman–Crippen MR) is 60.7 cm³/mol. The van der Waals surface area contributed by atoms with Crippen LogP contribution in [0.5, 0.6) is 0 Å². The van der Waals surface area contributed by atoms with Gasteiger partial charge in [-0.15, -0.1) is 0 Å². The third-order valence-electron chi connectivity index (χ3n) is 2.21. The Balaban J connectivity index is 3.37. The Morgan fingerprint density at radius 2 is 1.31 bits per heavy atom. The smallest absolute Gasteiger partial charge is 0.178 e. The first-order chi connectivity index (χ1) is 7.33. The molecule has 4 nitrogen and oxygen atoms in total. The van der Waals surface area contributed by atoms with E-state index in [1.54, 1.807) is 0 Å². The van der Waals surface area contributed by atoms with Gasteiger partial charge < -0.3 is 0 Å². The van der Waals surface area contributed by atoms with E-state index in [1.807, 2.05) is 0 Å². The second-order valence-corrected chi connectivity index (χ2v) is 7.77. The van der Waals surface area contributed by atoms with E-state index in [1.165, 1.54) is 32.0 Å². The van der Waals surface area contributed by atoms with Gasteiger partial charge in [0.25, 0.3) is 0 Å². The molecule has 89 valence electrons. The monoisotopic (exact) mass is 261 g/mol. The molecule has 0 aliphatic rings. The van der Waals surface area contributed by atoms with Crippen molar-refractivity contribution in [3.63, 3.8) is 0 Å². The SMILES string of the molecule is CCS(=O)(=O)c1c[c]cc(S(=O)(=O)CC)c1. The highest BCUT2D eigenvalue weighted by atomic mass is 32.2. The van der Waals surface area contributed by atoms with Crippen LogP contribution in [0.3, 0.4) is 0 Å². The van der Waals surface area contributed by atoms with Gasteiger partial charge in [-0.1, -0.05) is 13.8 Å². The predicted octanol–water partition coefficient (Wildman–Crippen LogP) is 1.07. The Hall–Kier alpha value is -0.880. The fourth-order valence-electron chi connectivity index (χ4n) is 1.12. The first-order valence-electron chi connectivity index (χ1n) is 4.80. The molecule has 1 radical (unpaired) electrons. The maximum absolute atomic E-state index is 11.6. The summed E-state index contributed by atoms with van der Waals surface area (Å²) in [6.45, 7) is 3.02. The minimum atomic E-state index is -3.38. The van der Waals surface area contributed by atoms with Crippen LogP contribution in [-0.4, -0.2) is 28.3 Å². The van der Waals surface area contributed by atoms with Crippen molar-refractivity contribution in [3.8, 4) is 0 Å². The molecular formula is C10H13O4S2. The highest BCUT2D eigenvalue weighted by Crippen LogP contribution is 2.17. The average Bonchev–Trinajstić information content (AvgIpc) is 2.29. The summed E-state index contributed by atoms with van der Waals surface area (Å²) in [6.07, 6.45) is 0. The van der Waals surface area contributed by atoms with Crippen molar-refractivity contribution in [2.75, 3.05) is 11.5 Å². The molecular weight excluding hydrogens is 248 g/mol. The van der Waals surface area contributed by atoms with Crippen LogP contribution in [0.15, 0.2) is 28.0 Å². The Kier molecular flexibility index (Phi) is 3.75. The zero-order valence-corrected chi connectivity index (χ0v) is 10.7. The Morgan fingerprint density at radius 1 is 0.938 bits per heavy atom. The summed E-state index contributed by atoms with van der Waals surface area (Å²) in [5, 5.41) is 0. The van der Waals surface area contributed by atoms with Gasteiger partial charge in [-0.05, 0) is 24.3 Å². The zero-order valence-electron chi connectivity index (χ0n) is 9.10. The molecule has 0 unspecified atom stereocenters. The van der Waals surface area contributed by atoms with Crippen molar-refractivity contribution >= 4 is 19.7 Å². The summed E-state index contributed by atoms with van der Waals surface area (Å²) >= 11 is 0. The third kappa shape index (κ3) is 2.62. The van der Waals surface area contributed by atoms with E-state index >= 15 is 0 Å². The second kappa shape index (κ2) is 4.55. The first-order valence-corrected chi connectivity index (χ1v) is 8.10. The topological polar surface area (TPSA) is 68.3 Å². The molecule has 0 bridgehead atoms. The number of sulfone groups is 2. The van der Waals surface area contributed by atoms with Crippen LogP contribution in [0, 0.1) is 6.07 Å². The van der Waals surface area contributed by atoms with Gasteiger partial charge in [-0.25, -0.2) is 16.8 Å². The lowest BCUT2D eigenvalue weighted by Crippen LogP contribution is -2.07. The van der Waals surface area contributed by atoms with Gasteiger partial charge in [0.05, 0.1) is 21.3 Å². The quantitative estimate of drug-likeness (QED) is 0.813. The van der Waals surface area contributed by atoms with E-state index in [0.717, 1.165) is 0 Å². The van der Waals surface area contributed by atoms with Crippen molar-refractivity contribution in [1.82, 2.24) is 0 Å². The van der Waals surface area contributed by atoms with Crippen LogP contribution in [0.25, 0.3) is 0 Å². The van der Waals surface area contributed by atoms with E-state index < -0.39 is 19.7 Å². The molecule has 16 heavy (non-hydrogen) atoms. The van der Waals surface area contributed by atoms with Crippen molar-refractivity contribution in [1.29, 1.82) is 0 Å². The van der Waals surface area contributed by atoms with Gasteiger partial charge in [-0.2, -0.15) is 0 Å². The normalized spacial score (nSPS) is 12.6. The van der Waals surface area contributed by atoms with Gasteiger partial charge in [0.15, 0.2) is 19.7 Å². The third-order valence-corrected chi connectivity index (χ3v) is 5.64. The second-order valence-electron chi connectivity index (χ2n) is 3.21. The van der Waals surface area contributed by atoms with Gasteiger partial charge in [0.1, 0.15) is 0 Å². The molecule has 0 saturated heterocycles. The number of benzene rings is 1. The van der Waals surface area contributed by atoms with Crippen molar-refractivity contribution in [3.05, 3.63) is 24.3 Å².